The smallest absolute Gasteiger partial charge is 0.305 e. The van der Waals surface area contributed by atoms with E-state index in [0.717, 1.165) is 26.2 Å². The van der Waals surface area contributed by atoms with Crippen molar-refractivity contribution in [2.24, 2.45) is 5.92 Å². The molecule has 1 saturated carbocycles. The van der Waals surface area contributed by atoms with Gasteiger partial charge in [0.15, 0.2) is 11.6 Å². The molecule has 0 heterocycles. The second kappa shape index (κ2) is 33.7. The first-order valence-corrected chi connectivity index (χ1v) is 28.6. The van der Waals surface area contributed by atoms with Gasteiger partial charge < -0.3 is 79.3 Å². The van der Waals surface area contributed by atoms with Crippen molar-refractivity contribution in [3.63, 3.8) is 0 Å². The van der Waals surface area contributed by atoms with E-state index in [1.165, 1.54) is 31.2 Å². The van der Waals surface area contributed by atoms with E-state index in [2.05, 4.69) is 53.2 Å². The Hall–Kier alpha value is -10.1. The maximum Gasteiger partial charge on any atom is 0.305 e. The molecule has 30 heteroatoms. The number of aliphatic carboxylic acids is 3. The number of nitrogens with one attached hydrogen (secondary N) is 10. The Bertz CT molecular complexity index is 3170. The van der Waals surface area contributed by atoms with Crippen molar-refractivity contribution in [3.8, 4) is 0 Å². The topological polar surface area (TPSA) is 483 Å². The fraction of sp³-hybridized carbons (Fsp3) is 0.441. The van der Waals surface area contributed by atoms with Crippen molar-refractivity contribution in [2.75, 3.05) is 30.7 Å². The lowest BCUT2D eigenvalue weighted by atomic mass is 9.82. The van der Waals surface area contributed by atoms with E-state index >= 15 is 0 Å². The minimum absolute atomic E-state index is 0.00503. The number of carbonyl (C=O) groups excluding carboxylic acids is 12. The molecule has 7 atom stereocenters. The summed E-state index contributed by atoms with van der Waals surface area (Å²) in [4.78, 5) is 197. The predicted molar refractivity (Wildman–Crippen MR) is 313 cm³/mol. The Kier molecular flexibility index (Phi) is 26.4. The largest absolute Gasteiger partial charge is 0.481 e. The zero-order valence-corrected chi connectivity index (χ0v) is 48.8. The van der Waals surface area contributed by atoms with Gasteiger partial charge in [0.1, 0.15) is 42.3 Å². The van der Waals surface area contributed by atoms with Crippen molar-refractivity contribution >= 4 is 99.9 Å². The number of anilines is 2. The summed E-state index contributed by atoms with van der Waals surface area (Å²) >= 11 is 0. The maximum absolute atomic E-state index is 14.4. The average molecular weight is 1240 g/mol. The highest BCUT2D eigenvalue weighted by molar-refractivity contribution is 6.32. The molecule has 2 aliphatic carbocycles. The molecular weight excluding hydrogens is 1170 g/mol. The fourth-order valence-electron chi connectivity index (χ4n) is 10.0. The number of ketones is 2. The summed E-state index contributed by atoms with van der Waals surface area (Å²) in [5.41, 5.74) is 6.47. The number of carboxylic acids is 3. The van der Waals surface area contributed by atoms with Gasteiger partial charge in [0.05, 0.1) is 42.9 Å². The minimum atomic E-state index is -1.74. The van der Waals surface area contributed by atoms with Gasteiger partial charge in [-0.1, -0.05) is 93.6 Å². The Labute approximate surface area is 509 Å². The van der Waals surface area contributed by atoms with Crippen molar-refractivity contribution in [3.05, 3.63) is 94.5 Å². The predicted octanol–water partition coefficient (Wildman–Crippen LogP) is -1.55. The van der Waals surface area contributed by atoms with Crippen LogP contribution in [0.2, 0.25) is 0 Å². The van der Waals surface area contributed by atoms with Crippen molar-refractivity contribution in [1.29, 1.82) is 0 Å². The van der Waals surface area contributed by atoms with Crippen LogP contribution < -0.4 is 58.9 Å². The molecular formula is C59H73N11O19. The fourth-order valence-corrected chi connectivity index (χ4v) is 10.0. The zero-order chi connectivity index (χ0) is 65.5. The van der Waals surface area contributed by atoms with Crippen LogP contribution in [0.4, 0.5) is 11.4 Å². The number of benzene rings is 3. The van der Waals surface area contributed by atoms with Gasteiger partial charge in [-0.2, -0.15) is 0 Å². The number of amides is 10. The highest BCUT2D eigenvalue weighted by atomic mass is 16.4. The molecule has 89 heavy (non-hydrogen) atoms. The Morgan fingerprint density at radius 3 is 1.55 bits per heavy atom. The van der Waals surface area contributed by atoms with E-state index in [0.29, 0.717) is 18.4 Å². The van der Waals surface area contributed by atoms with E-state index in [4.69, 9.17) is 5.73 Å². The van der Waals surface area contributed by atoms with Gasteiger partial charge in [-0.05, 0) is 49.3 Å². The van der Waals surface area contributed by atoms with E-state index in [1.54, 1.807) is 42.5 Å². The third-order valence-corrected chi connectivity index (χ3v) is 14.6. The highest BCUT2D eigenvalue weighted by Crippen LogP contribution is 2.35. The molecule has 0 unspecified atom stereocenters. The Balaban J connectivity index is 1.25. The molecule has 16 N–H and O–H groups in total. The van der Waals surface area contributed by atoms with Crippen LogP contribution in [0.3, 0.4) is 0 Å². The number of hydrogen-bond donors (Lipinski definition) is 15. The Morgan fingerprint density at radius 1 is 0.517 bits per heavy atom. The highest BCUT2D eigenvalue weighted by Gasteiger charge is 2.37. The van der Waals surface area contributed by atoms with Crippen molar-refractivity contribution in [2.45, 2.75) is 140 Å². The second-order valence-corrected chi connectivity index (χ2v) is 21.3. The molecule has 0 aromatic heterocycles. The van der Waals surface area contributed by atoms with Crippen LogP contribution in [0.1, 0.15) is 128 Å². The van der Waals surface area contributed by atoms with E-state index in [9.17, 15) is 92.3 Å². The summed E-state index contributed by atoms with van der Waals surface area (Å²) in [5, 5.41) is 62.4. The number of rotatable bonds is 33. The lowest BCUT2D eigenvalue weighted by Gasteiger charge is -2.30. The lowest BCUT2D eigenvalue weighted by Crippen LogP contribution is -2.60. The first-order valence-electron chi connectivity index (χ1n) is 28.6. The van der Waals surface area contributed by atoms with Gasteiger partial charge in [-0.15, -0.1) is 0 Å². The van der Waals surface area contributed by atoms with Crippen LogP contribution in [-0.2, 0) is 68.7 Å². The minimum Gasteiger partial charge on any atom is -0.481 e. The molecule has 0 aliphatic heterocycles. The van der Waals surface area contributed by atoms with Crippen LogP contribution in [-0.4, -0.2) is 171 Å². The summed E-state index contributed by atoms with van der Waals surface area (Å²) in [6.07, 6.45) is -0.163. The SMILES string of the molecule is CC[C@H](NC(=O)[C@H](CC1CCCCC1)NC(=O)[C@H](CCC(=O)O)NC(=O)[C@H](Cc1ccccc1)NC(=O)[C@H](CCC(=O)O)NC(=O)[C@H](CC(=O)O)NC(C)=O)C(=O)N[C@@H](CO)C(=O)NCC(=O)NCC(=O)Nc1ccc(N)c2c1C(=O)c1ccccc1C2=O. The number of carbonyl (C=O) groups is 15. The zero-order valence-electron chi connectivity index (χ0n) is 48.8. The Morgan fingerprint density at radius 2 is 1.00 bits per heavy atom. The van der Waals surface area contributed by atoms with Crippen molar-refractivity contribution in [1.82, 2.24) is 47.9 Å². The van der Waals surface area contributed by atoms with Gasteiger partial charge in [0.2, 0.25) is 59.1 Å². The van der Waals surface area contributed by atoms with Crippen LogP contribution in [0.5, 0.6) is 0 Å². The molecule has 2 aliphatic rings. The van der Waals surface area contributed by atoms with Gasteiger partial charge in [0, 0.05) is 43.0 Å². The number of aliphatic hydroxyl groups excluding tert-OH is 1. The number of fused-ring (bicyclic) bond motifs is 2. The van der Waals surface area contributed by atoms with Crippen LogP contribution in [0, 0.1) is 5.92 Å². The summed E-state index contributed by atoms with van der Waals surface area (Å²) in [6.45, 7) is 0.0659. The molecule has 0 saturated heterocycles. The molecule has 478 valence electrons. The number of carboxylic acid groups (broad SMARTS) is 3. The first kappa shape index (κ1) is 69.6. The molecule has 3 aromatic carbocycles. The van der Waals surface area contributed by atoms with Gasteiger partial charge in [0.25, 0.3) is 0 Å². The molecule has 10 amide bonds. The summed E-state index contributed by atoms with van der Waals surface area (Å²) in [5.74, 6) is -15.5. The van der Waals surface area contributed by atoms with E-state index in [1.807, 2.05) is 0 Å². The molecule has 0 spiro atoms. The molecule has 3 aromatic rings. The van der Waals surface area contributed by atoms with E-state index in [-0.39, 0.29) is 58.8 Å². The number of aliphatic hydroxyl groups is 1. The maximum atomic E-state index is 14.4. The first-order chi connectivity index (χ1) is 42.3. The van der Waals surface area contributed by atoms with Gasteiger partial charge in [-0.3, -0.25) is 71.9 Å². The third kappa shape index (κ3) is 21.1. The number of nitrogen functional groups attached to an aromatic ring is 1. The molecule has 0 bridgehead atoms. The van der Waals surface area contributed by atoms with Gasteiger partial charge in [-0.25, -0.2) is 0 Å². The standard InChI is InChI=1S/C59H73N11O19/c1-3-36(54(84)70-43(29-71)53(83)62-27-44(73)61-28-45(74)64-37-19-18-35(60)49-50(37)52(82)34-17-11-10-16-33(34)51(49)81)65-57(87)40(24-31-12-6-4-7-13-31)68-55(85)38(20-22-46(75)76)66-58(88)41(25-32-14-8-5-9-15-32)69-56(86)39(21-23-47(77)78)67-59(89)42(26-48(79)80)63-30(2)72/h5,8-11,14-19,31,36,38-43,71H,3-4,6-7,12-13,20-29,60H2,1-2H3,(H,61,73)(H,62,83)(H,63,72)(H,64,74)(H,65,87)(H,66,88)(H,67,89)(H,68,85)(H,69,86)(H,70,84)(H,75,76)(H,77,78)(H,79,80)/t36-,38-,39-,40-,41-,42-,43-/m0/s1. The lowest BCUT2D eigenvalue weighted by molar-refractivity contribution is -0.141. The molecule has 5 rings (SSSR count). The second-order valence-electron chi connectivity index (χ2n) is 21.3. The third-order valence-electron chi connectivity index (χ3n) is 14.6. The van der Waals surface area contributed by atoms with Crippen LogP contribution in [0.25, 0.3) is 0 Å². The number of nitrogens with two attached hydrogens (primary N) is 1. The van der Waals surface area contributed by atoms with E-state index < -0.39 is 183 Å². The van der Waals surface area contributed by atoms with Crippen LogP contribution >= 0.6 is 0 Å². The summed E-state index contributed by atoms with van der Waals surface area (Å²) in [7, 11) is 0. The summed E-state index contributed by atoms with van der Waals surface area (Å²) in [6, 6.07) is 5.41. The van der Waals surface area contributed by atoms with Crippen molar-refractivity contribution < 1.29 is 92.3 Å². The quantitative estimate of drug-likeness (QED) is 0.0240. The summed E-state index contributed by atoms with van der Waals surface area (Å²) < 4.78 is 0. The van der Waals surface area contributed by atoms with Gasteiger partial charge >= 0.3 is 17.9 Å². The monoisotopic (exact) mass is 1240 g/mol. The molecule has 1 fully saturated rings. The average Bonchev–Trinajstić information content (AvgIpc) is 1.42. The molecule has 0 radical (unpaired) electrons. The molecule has 30 nitrogen and oxygen atoms in total. The van der Waals surface area contributed by atoms with Crippen LogP contribution in [0.15, 0.2) is 66.7 Å². The number of hydrogen-bond acceptors (Lipinski definition) is 17. The normalized spacial score (nSPS) is 15.0.